The summed E-state index contributed by atoms with van der Waals surface area (Å²) in [6.45, 7) is 0. The zero-order valence-electron chi connectivity index (χ0n) is 2.46. The average molecular weight is 121 g/mol. The molecule has 0 aromatic carbocycles. The third-order valence-electron chi connectivity index (χ3n) is 0. The van der Waals surface area contributed by atoms with Gasteiger partial charge in [-0.25, -0.2) is 0 Å². The molecule has 0 rings (SSSR count). The van der Waals surface area contributed by atoms with E-state index in [2.05, 4.69) is 0 Å². The summed E-state index contributed by atoms with van der Waals surface area (Å²) in [5.41, 5.74) is 0. The van der Waals surface area contributed by atoms with Gasteiger partial charge in [0.05, 0.1) is 5.34 Å². The topological polar surface area (TPSA) is 63.0 Å². The molecule has 0 atom stereocenters. The van der Waals surface area contributed by atoms with Crippen molar-refractivity contribution in [3.05, 3.63) is 0 Å². The molecular weight excluding hydrogens is 115 g/mol. The number of rotatable bonds is 0. The van der Waals surface area contributed by atoms with Crippen LogP contribution in [0.25, 0.3) is 0 Å². The molecule has 0 aliphatic carbocycles. The van der Waals surface area contributed by atoms with Gasteiger partial charge in [0.2, 0.25) is 0 Å². The van der Waals surface area contributed by atoms with Crippen LogP contribution in [0, 0.1) is 0 Å². The van der Waals surface area contributed by atoms with Crippen LogP contribution in [0.2, 0.25) is 0 Å². The summed E-state index contributed by atoms with van der Waals surface area (Å²) in [4.78, 5) is 0. The van der Waals surface area contributed by atoms with Crippen molar-refractivity contribution in [1.29, 1.82) is 0 Å². The Morgan fingerprint density at radius 3 is 1.00 bits per heavy atom. The summed E-state index contributed by atoms with van der Waals surface area (Å²) in [6, 6.07) is 0. The zero-order valence-corrected chi connectivity index (χ0v) is 3.97. The Labute approximate surface area is 40.3 Å². The normalized spacial score (nSPS) is 3.60. The molecule has 0 aliphatic rings. The van der Waals surface area contributed by atoms with Crippen LogP contribution in [0.15, 0.2) is 0 Å². The van der Waals surface area contributed by atoms with Crippen molar-refractivity contribution in [2.45, 2.75) is 0 Å². The van der Waals surface area contributed by atoms with Gasteiger partial charge in [-0.1, -0.05) is 0 Å². The lowest BCUT2D eigenvalue weighted by Gasteiger charge is -1.42. The van der Waals surface area contributed by atoms with E-state index < -0.39 is 0 Å². The molecule has 0 saturated heterocycles. The highest BCUT2D eigenvalue weighted by atomic mass is 35.5. The van der Waals surface area contributed by atoms with Crippen molar-refractivity contribution < 1.29 is 11.0 Å². The maximum atomic E-state index is 4.76. The van der Waals surface area contributed by atoms with Crippen molar-refractivity contribution in [1.82, 2.24) is 0 Å². The maximum Gasteiger partial charge on any atom is 0.0967 e. The summed E-state index contributed by atoms with van der Waals surface area (Å²) in [7, 11) is 0. The Morgan fingerprint density at radius 1 is 1.00 bits per heavy atom. The molecule has 0 saturated carbocycles. The Balaban J connectivity index is -0.0000000200. The molecule has 0 spiro atoms. The van der Waals surface area contributed by atoms with Gasteiger partial charge in [0.15, 0.2) is 0 Å². The Bertz CT molecular complexity index is 7.61. The molecule has 0 amide bonds. The molecule has 0 aliphatic heterocycles. The van der Waals surface area contributed by atoms with Gasteiger partial charge in [-0.05, 0) is 0 Å². The van der Waals surface area contributed by atoms with Crippen LogP contribution in [-0.2, 0) is 0 Å². The van der Waals surface area contributed by atoms with Crippen LogP contribution >= 0.6 is 23.2 Å². The van der Waals surface area contributed by atoms with Gasteiger partial charge >= 0.3 is 0 Å². The lowest BCUT2D eigenvalue weighted by atomic mass is 11.9. The van der Waals surface area contributed by atoms with Crippen LogP contribution in [0.5, 0.6) is 0 Å². The van der Waals surface area contributed by atoms with Crippen LogP contribution < -0.4 is 0 Å². The quantitative estimate of drug-likeness (QED) is 0.397. The van der Waals surface area contributed by atoms with Gasteiger partial charge in [0, 0.05) is 0 Å². The van der Waals surface area contributed by atoms with Crippen molar-refractivity contribution in [3.8, 4) is 0 Å². The van der Waals surface area contributed by atoms with Gasteiger partial charge in [-0.15, -0.1) is 23.2 Å². The average Bonchev–Trinajstić information content (AvgIpc) is 0.918. The largest absolute Gasteiger partial charge is 0.412 e. The van der Waals surface area contributed by atoms with Crippen molar-refractivity contribution in [2.24, 2.45) is 0 Å². The second-order valence-corrected chi connectivity index (χ2v) is 0.909. The summed E-state index contributed by atoms with van der Waals surface area (Å²) < 4.78 is 0. The first-order valence-corrected chi connectivity index (χ1v) is 1.60. The summed E-state index contributed by atoms with van der Waals surface area (Å²) in [5.74, 6) is 0. The van der Waals surface area contributed by atoms with E-state index in [1.807, 2.05) is 0 Å². The minimum atomic E-state index is 0. The predicted octanol–water partition coefficient (Wildman–Crippen LogP) is -0.228. The molecule has 36 valence electrons. The number of alkyl halides is 2. The second kappa shape index (κ2) is 24.5. The molecule has 4 heteroatoms. The van der Waals surface area contributed by atoms with Crippen LogP contribution in [0.1, 0.15) is 0 Å². The fourth-order valence-electron chi connectivity index (χ4n) is 0. The Kier molecular flexibility index (Phi) is 87.3. The molecule has 0 fully saturated rings. The Morgan fingerprint density at radius 2 is 1.00 bits per heavy atom. The minimum Gasteiger partial charge on any atom is -0.412 e. The van der Waals surface area contributed by atoms with Gasteiger partial charge < -0.3 is 11.0 Å². The van der Waals surface area contributed by atoms with E-state index in [1.165, 1.54) is 0 Å². The zero-order chi connectivity index (χ0) is 2.71. The number of halogens is 2. The van der Waals surface area contributed by atoms with Crippen LogP contribution in [0.4, 0.5) is 0 Å². The standard InChI is InChI=1S/CH2Cl2.2H2O/c2-1-3;;/h1H2;2*1H2. The lowest BCUT2D eigenvalue weighted by molar-refractivity contribution is 0.823. The first kappa shape index (κ1) is 17.8. The highest BCUT2D eigenvalue weighted by Crippen LogP contribution is 1.73. The van der Waals surface area contributed by atoms with Crippen molar-refractivity contribution >= 4 is 23.2 Å². The highest BCUT2D eigenvalue weighted by molar-refractivity contribution is 6.40. The Hall–Kier alpha value is 0.500. The van der Waals surface area contributed by atoms with E-state index in [-0.39, 0.29) is 16.3 Å². The first-order chi connectivity index (χ1) is 1.41. The van der Waals surface area contributed by atoms with Gasteiger partial charge in [0.25, 0.3) is 0 Å². The third-order valence-corrected chi connectivity index (χ3v) is 0. The minimum absolute atomic E-state index is 0. The molecule has 5 heavy (non-hydrogen) atoms. The predicted molar refractivity (Wildman–Crippen MR) is 23.8 cm³/mol. The molecule has 0 radical (unpaired) electrons. The van der Waals surface area contributed by atoms with Gasteiger partial charge in [-0.3, -0.25) is 0 Å². The number of hydrogen-bond acceptors (Lipinski definition) is 0. The van der Waals surface area contributed by atoms with Crippen LogP contribution in [0.3, 0.4) is 0 Å². The SMILES string of the molecule is ClCCl.O.O. The van der Waals surface area contributed by atoms with E-state index in [1.54, 1.807) is 0 Å². The lowest BCUT2D eigenvalue weighted by Crippen LogP contribution is -1.24. The van der Waals surface area contributed by atoms with Gasteiger partial charge in [-0.2, -0.15) is 0 Å². The fourth-order valence-corrected chi connectivity index (χ4v) is 0. The van der Waals surface area contributed by atoms with E-state index in [4.69, 9.17) is 23.2 Å². The number of hydrogen-bond donors (Lipinski definition) is 0. The maximum absolute atomic E-state index is 4.76. The molecule has 0 aromatic heterocycles. The smallest absolute Gasteiger partial charge is 0.0967 e. The second-order valence-electron chi connectivity index (χ2n) is 0.101. The molecule has 0 aromatic rings. The summed E-state index contributed by atoms with van der Waals surface area (Å²) in [6.07, 6.45) is 0. The molecule has 4 N–H and O–H groups in total. The fraction of sp³-hybridized carbons (Fsp3) is 1.00. The molecular formula is CH6Cl2O2. The van der Waals surface area contributed by atoms with E-state index in [0.717, 1.165) is 0 Å². The van der Waals surface area contributed by atoms with E-state index >= 15 is 0 Å². The van der Waals surface area contributed by atoms with Crippen molar-refractivity contribution in [2.75, 3.05) is 5.34 Å². The molecule has 2 nitrogen and oxygen atoms in total. The molecule has 0 unspecified atom stereocenters. The molecule has 0 bridgehead atoms. The van der Waals surface area contributed by atoms with Crippen LogP contribution in [-0.4, -0.2) is 16.3 Å². The molecule has 0 heterocycles. The first-order valence-electron chi connectivity index (χ1n) is 0.535. The summed E-state index contributed by atoms with van der Waals surface area (Å²) in [5, 5.41) is 0.194. The van der Waals surface area contributed by atoms with Gasteiger partial charge in [0.1, 0.15) is 0 Å². The highest BCUT2D eigenvalue weighted by Gasteiger charge is 1.41. The van der Waals surface area contributed by atoms with E-state index in [0.29, 0.717) is 0 Å². The third kappa shape index (κ3) is 113. The summed E-state index contributed by atoms with van der Waals surface area (Å²) >= 11 is 9.53. The van der Waals surface area contributed by atoms with E-state index in [9.17, 15) is 0 Å². The monoisotopic (exact) mass is 120 g/mol. The van der Waals surface area contributed by atoms with Crippen molar-refractivity contribution in [3.63, 3.8) is 0 Å².